The summed E-state index contributed by atoms with van der Waals surface area (Å²) >= 11 is 0. The van der Waals surface area contributed by atoms with E-state index in [9.17, 15) is 9.90 Å². The minimum atomic E-state index is -0.387. The van der Waals surface area contributed by atoms with Crippen LogP contribution in [-0.4, -0.2) is 31.9 Å². The fourth-order valence-corrected chi connectivity index (χ4v) is 3.98. The van der Waals surface area contributed by atoms with E-state index < -0.39 is 0 Å². The van der Waals surface area contributed by atoms with Crippen molar-refractivity contribution in [3.8, 4) is 11.3 Å². The number of H-pyrrole nitrogens is 2. The van der Waals surface area contributed by atoms with Gasteiger partial charge in [-0.2, -0.15) is 5.10 Å². The number of aromatic amines is 2. The Kier molecular flexibility index (Phi) is 4.41. The highest BCUT2D eigenvalue weighted by Crippen LogP contribution is 2.30. The molecule has 0 aliphatic rings. The molecule has 6 heteroatoms. The number of rotatable bonds is 4. The van der Waals surface area contributed by atoms with Crippen LogP contribution in [0.4, 0.5) is 0 Å². The van der Waals surface area contributed by atoms with Crippen LogP contribution in [0.15, 0.2) is 71.7 Å². The monoisotopic (exact) mass is 396 g/mol. The van der Waals surface area contributed by atoms with Crippen molar-refractivity contribution in [1.82, 2.24) is 20.2 Å². The largest absolute Gasteiger partial charge is 0.395 e. The number of aliphatic hydroxyl groups excluding tert-OH is 1. The van der Waals surface area contributed by atoms with Crippen molar-refractivity contribution in [2.45, 2.75) is 12.8 Å². The molecule has 0 amide bonds. The molecule has 1 unspecified atom stereocenters. The molecule has 3 aromatic heterocycles. The Morgan fingerprint density at radius 2 is 1.87 bits per heavy atom. The first-order valence-electron chi connectivity index (χ1n) is 9.78. The highest BCUT2D eigenvalue weighted by molar-refractivity contribution is 6.01. The van der Waals surface area contributed by atoms with Crippen LogP contribution in [0.2, 0.25) is 0 Å². The molecule has 1 atom stereocenters. The van der Waals surface area contributed by atoms with Crippen LogP contribution in [0.1, 0.15) is 22.7 Å². The molecule has 0 saturated carbocycles. The lowest BCUT2D eigenvalue weighted by Crippen LogP contribution is -2.19. The average molecular weight is 396 g/mol. The summed E-state index contributed by atoms with van der Waals surface area (Å²) in [6.07, 6.45) is 1.77. The number of hydrogen-bond acceptors (Lipinski definition) is 4. The lowest BCUT2D eigenvalue weighted by Gasteiger charge is -2.15. The number of aliphatic hydroxyl groups is 1. The quantitative estimate of drug-likeness (QED) is 0.429. The van der Waals surface area contributed by atoms with Gasteiger partial charge in [-0.25, -0.2) is 0 Å². The number of aromatic nitrogens is 4. The zero-order valence-electron chi connectivity index (χ0n) is 16.4. The van der Waals surface area contributed by atoms with Crippen LogP contribution >= 0.6 is 0 Å². The van der Waals surface area contributed by atoms with Gasteiger partial charge in [0.05, 0.1) is 17.6 Å². The molecule has 5 aromatic rings. The molecule has 5 rings (SSSR count). The number of nitrogens with zero attached hydrogens (tertiary/aromatic N) is 2. The summed E-state index contributed by atoms with van der Waals surface area (Å²) < 4.78 is 0. The van der Waals surface area contributed by atoms with Crippen LogP contribution in [0.5, 0.6) is 0 Å². The lowest BCUT2D eigenvalue weighted by atomic mass is 9.92. The smallest absolute Gasteiger partial charge is 0.252 e. The predicted octanol–water partition coefficient (Wildman–Crippen LogP) is 3.90. The predicted molar refractivity (Wildman–Crippen MR) is 118 cm³/mol. The number of aryl methyl sites for hydroxylation is 1. The SMILES string of the molecule is Cc1cc(-c2n[nH]c3cc4[nH]c(=O)c(C(CO)c5ccccc5)cc4cc23)ccn1. The van der Waals surface area contributed by atoms with Gasteiger partial charge < -0.3 is 10.1 Å². The molecular formula is C24H20N4O2. The fourth-order valence-electron chi connectivity index (χ4n) is 3.98. The molecule has 3 heterocycles. The Morgan fingerprint density at radius 1 is 1.03 bits per heavy atom. The maximum Gasteiger partial charge on any atom is 0.252 e. The van der Waals surface area contributed by atoms with Crippen molar-refractivity contribution in [3.05, 3.63) is 94.0 Å². The van der Waals surface area contributed by atoms with E-state index in [-0.39, 0.29) is 18.1 Å². The first-order valence-corrected chi connectivity index (χ1v) is 9.78. The van der Waals surface area contributed by atoms with Gasteiger partial charge >= 0.3 is 0 Å². The van der Waals surface area contributed by atoms with Crippen molar-refractivity contribution in [1.29, 1.82) is 0 Å². The molecule has 0 fully saturated rings. The van der Waals surface area contributed by atoms with Crippen molar-refractivity contribution in [3.63, 3.8) is 0 Å². The molecule has 6 nitrogen and oxygen atoms in total. The molecule has 0 radical (unpaired) electrons. The van der Waals surface area contributed by atoms with Gasteiger partial charge in [0.1, 0.15) is 5.69 Å². The maximum atomic E-state index is 12.8. The van der Waals surface area contributed by atoms with Gasteiger partial charge in [0, 0.05) is 34.3 Å². The zero-order chi connectivity index (χ0) is 20.7. The number of nitrogens with one attached hydrogen (secondary N) is 2. The average Bonchev–Trinajstić information content (AvgIpc) is 3.16. The van der Waals surface area contributed by atoms with E-state index in [1.807, 2.05) is 67.6 Å². The molecular weight excluding hydrogens is 376 g/mol. The van der Waals surface area contributed by atoms with Crippen LogP contribution in [0.25, 0.3) is 33.1 Å². The minimum Gasteiger partial charge on any atom is -0.395 e. The third kappa shape index (κ3) is 3.07. The first-order chi connectivity index (χ1) is 14.6. The Bertz CT molecular complexity index is 1420. The Morgan fingerprint density at radius 3 is 2.63 bits per heavy atom. The molecule has 3 N–H and O–H groups in total. The maximum absolute atomic E-state index is 12.8. The van der Waals surface area contributed by atoms with E-state index in [4.69, 9.17) is 0 Å². The molecule has 0 bridgehead atoms. The van der Waals surface area contributed by atoms with Gasteiger partial charge in [-0.3, -0.25) is 14.9 Å². The van der Waals surface area contributed by atoms with E-state index in [0.717, 1.165) is 44.3 Å². The number of pyridine rings is 2. The number of fused-ring (bicyclic) bond motifs is 2. The second-order valence-electron chi connectivity index (χ2n) is 7.44. The summed E-state index contributed by atoms with van der Waals surface area (Å²) in [4.78, 5) is 20.0. The van der Waals surface area contributed by atoms with Gasteiger partial charge in [-0.15, -0.1) is 0 Å². The molecule has 148 valence electrons. The summed E-state index contributed by atoms with van der Waals surface area (Å²) in [6.45, 7) is 1.80. The minimum absolute atomic E-state index is 0.145. The number of hydrogen-bond donors (Lipinski definition) is 3. The Balaban J connectivity index is 1.70. The number of benzene rings is 2. The van der Waals surface area contributed by atoms with Crippen molar-refractivity contribution < 1.29 is 5.11 Å². The van der Waals surface area contributed by atoms with Crippen molar-refractivity contribution in [2.24, 2.45) is 0 Å². The molecule has 0 saturated heterocycles. The summed E-state index contributed by atoms with van der Waals surface area (Å²) in [6, 6.07) is 19.3. The summed E-state index contributed by atoms with van der Waals surface area (Å²) in [5.41, 5.74) is 5.56. The Hall–Kier alpha value is -3.77. The lowest BCUT2D eigenvalue weighted by molar-refractivity contribution is 0.280. The second kappa shape index (κ2) is 7.24. The van der Waals surface area contributed by atoms with Gasteiger partial charge in [0.25, 0.3) is 5.56 Å². The van der Waals surface area contributed by atoms with Crippen LogP contribution in [0, 0.1) is 6.92 Å². The molecule has 0 aliphatic carbocycles. The third-order valence-corrected chi connectivity index (χ3v) is 5.48. The van der Waals surface area contributed by atoms with Gasteiger partial charge in [-0.1, -0.05) is 30.3 Å². The molecule has 0 spiro atoms. The van der Waals surface area contributed by atoms with Crippen LogP contribution < -0.4 is 5.56 Å². The summed E-state index contributed by atoms with van der Waals surface area (Å²) in [5.74, 6) is -0.387. The van der Waals surface area contributed by atoms with Crippen LogP contribution in [0.3, 0.4) is 0 Å². The molecule has 0 aliphatic heterocycles. The van der Waals surface area contributed by atoms with Gasteiger partial charge in [-0.05, 0) is 48.2 Å². The highest BCUT2D eigenvalue weighted by Gasteiger charge is 2.18. The van der Waals surface area contributed by atoms with E-state index in [1.54, 1.807) is 6.20 Å². The normalized spacial score (nSPS) is 12.5. The second-order valence-corrected chi connectivity index (χ2v) is 7.44. The molecule has 2 aromatic carbocycles. The van der Waals surface area contributed by atoms with E-state index in [0.29, 0.717) is 5.56 Å². The van der Waals surface area contributed by atoms with E-state index >= 15 is 0 Å². The fraction of sp³-hybridized carbons (Fsp3) is 0.125. The highest BCUT2D eigenvalue weighted by atomic mass is 16.3. The van der Waals surface area contributed by atoms with Gasteiger partial charge in [0.2, 0.25) is 0 Å². The third-order valence-electron chi connectivity index (χ3n) is 5.48. The van der Waals surface area contributed by atoms with Crippen LogP contribution in [-0.2, 0) is 0 Å². The van der Waals surface area contributed by atoms with Crippen molar-refractivity contribution in [2.75, 3.05) is 6.61 Å². The summed E-state index contributed by atoms with van der Waals surface area (Å²) in [5, 5.41) is 19.4. The topological polar surface area (TPSA) is 94.7 Å². The summed E-state index contributed by atoms with van der Waals surface area (Å²) in [7, 11) is 0. The molecule has 30 heavy (non-hydrogen) atoms. The Labute approximate surface area is 172 Å². The van der Waals surface area contributed by atoms with E-state index in [2.05, 4.69) is 20.2 Å². The van der Waals surface area contributed by atoms with Gasteiger partial charge in [0.15, 0.2) is 0 Å². The zero-order valence-corrected chi connectivity index (χ0v) is 16.4. The first kappa shape index (κ1) is 18.3. The van der Waals surface area contributed by atoms with Crippen molar-refractivity contribution >= 4 is 21.8 Å². The van der Waals surface area contributed by atoms with E-state index in [1.165, 1.54) is 0 Å². The standard InChI is InChI=1S/C24H20N4O2/c1-14-9-16(7-8-25-14)23-19-11-17-10-18(20(13-29)15-5-3-2-4-6-15)24(30)26-21(17)12-22(19)27-28-23/h2-12,20,29H,13H2,1H3,(H,26,30)(H,27,28).